The first-order chi connectivity index (χ1) is 9.63. The van der Waals surface area contributed by atoms with Gasteiger partial charge in [-0.1, -0.05) is 29.8 Å². The fourth-order valence-corrected chi connectivity index (χ4v) is 6.36. The second-order valence-corrected chi connectivity index (χ2v) is 8.15. The minimum Gasteiger partial charge on any atom is -0.330 e. The molecule has 20 heavy (non-hydrogen) atoms. The average molecular weight is 269 g/mol. The molecule has 0 radical (unpaired) electrons. The zero-order valence-corrected chi connectivity index (χ0v) is 12.7. The van der Waals surface area contributed by atoms with Crippen molar-refractivity contribution in [3.8, 4) is 0 Å². The number of aryl methyl sites for hydroxylation is 1. The van der Waals surface area contributed by atoms with Gasteiger partial charge in [0.15, 0.2) is 0 Å². The summed E-state index contributed by atoms with van der Waals surface area (Å²) in [5, 5.41) is 0. The molecule has 0 spiro atoms. The normalized spacial score (nSPS) is 42.1. The maximum absolute atomic E-state index is 5.96. The topological polar surface area (TPSA) is 26.0 Å². The molecule has 0 aliphatic heterocycles. The van der Waals surface area contributed by atoms with Crippen LogP contribution in [0.3, 0.4) is 0 Å². The Morgan fingerprint density at radius 1 is 1.15 bits per heavy atom. The van der Waals surface area contributed by atoms with Gasteiger partial charge in [0.25, 0.3) is 0 Å². The van der Waals surface area contributed by atoms with Crippen LogP contribution in [0.1, 0.15) is 56.1 Å². The number of hydrogen-bond acceptors (Lipinski definition) is 1. The lowest BCUT2D eigenvalue weighted by Crippen LogP contribution is -2.54. The third-order valence-electron chi connectivity index (χ3n) is 6.49. The lowest BCUT2D eigenvalue weighted by molar-refractivity contribution is -0.0749. The Morgan fingerprint density at radius 2 is 1.90 bits per heavy atom. The first kappa shape index (κ1) is 12.9. The van der Waals surface area contributed by atoms with Crippen molar-refractivity contribution < 1.29 is 0 Å². The molecule has 1 nitrogen and oxygen atoms in total. The highest BCUT2D eigenvalue weighted by Gasteiger charge is 2.57. The molecule has 2 atom stereocenters. The second-order valence-electron chi connectivity index (χ2n) is 8.15. The standard InChI is InChI=1S/C19H27N/c1-14-3-2-4-17(7-14)19-11-15-8-16(12-19)10-18(9-15,13-19)5-6-20/h2-4,7,15-16H,5-6,8-13,20H2,1H3. The van der Waals surface area contributed by atoms with E-state index < -0.39 is 0 Å². The van der Waals surface area contributed by atoms with Crippen LogP contribution in [0.4, 0.5) is 0 Å². The van der Waals surface area contributed by atoms with Crippen LogP contribution in [0, 0.1) is 24.2 Å². The SMILES string of the molecule is Cc1cccc(C23CC4CC(CC(CCN)(C4)C2)C3)c1. The van der Waals surface area contributed by atoms with E-state index in [9.17, 15) is 0 Å². The molecule has 0 saturated heterocycles. The largest absolute Gasteiger partial charge is 0.330 e. The molecule has 1 heteroatoms. The maximum atomic E-state index is 5.96. The Hall–Kier alpha value is -0.820. The summed E-state index contributed by atoms with van der Waals surface area (Å²) in [4.78, 5) is 0. The van der Waals surface area contributed by atoms with Gasteiger partial charge in [-0.2, -0.15) is 0 Å². The Morgan fingerprint density at radius 3 is 2.55 bits per heavy atom. The summed E-state index contributed by atoms with van der Waals surface area (Å²) >= 11 is 0. The highest BCUT2D eigenvalue weighted by atomic mass is 14.6. The molecule has 5 rings (SSSR count). The van der Waals surface area contributed by atoms with E-state index in [1.807, 2.05) is 0 Å². The van der Waals surface area contributed by atoms with Crippen molar-refractivity contribution >= 4 is 0 Å². The molecular formula is C19H27N. The lowest BCUT2D eigenvalue weighted by atomic mass is 9.42. The van der Waals surface area contributed by atoms with Crippen molar-refractivity contribution in [1.82, 2.24) is 0 Å². The van der Waals surface area contributed by atoms with E-state index >= 15 is 0 Å². The minimum atomic E-state index is 0.491. The molecule has 1 aromatic rings. The van der Waals surface area contributed by atoms with Gasteiger partial charge in [0, 0.05) is 0 Å². The molecule has 4 aliphatic rings. The van der Waals surface area contributed by atoms with Gasteiger partial charge in [0.2, 0.25) is 0 Å². The van der Waals surface area contributed by atoms with E-state index in [1.54, 1.807) is 5.56 Å². The summed E-state index contributed by atoms with van der Waals surface area (Å²) in [5.74, 6) is 1.95. The highest BCUT2D eigenvalue weighted by Crippen LogP contribution is 2.66. The van der Waals surface area contributed by atoms with Crippen molar-refractivity contribution in [1.29, 1.82) is 0 Å². The van der Waals surface area contributed by atoms with E-state index in [0.29, 0.717) is 10.8 Å². The van der Waals surface area contributed by atoms with E-state index in [0.717, 1.165) is 18.4 Å². The molecule has 4 aliphatic carbocycles. The summed E-state index contributed by atoms with van der Waals surface area (Å²) in [7, 11) is 0. The van der Waals surface area contributed by atoms with Crippen LogP contribution in [0.25, 0.3) is 0 Å². The van der Waals surface area contributed by atoms with Crippen LogP contribution in [-0.2, 0) is 5.41 Å². The Balaban J connectivity index is 1.75. The fourth-order valence-electron chi connectivity index (χ4n) is 6.36. The molecule has 1 aromatic carbocycles. The van der Waals surface area contributed by atoms with Crippen molar-refractivity contribution in [2.24, 2.45) is 23.0 Å². The highest BCUT2D eigenvalue weighted by molar-refractivity contribution is 5.33. The van der Waals surface area contributed by atoms with Gasteiger partial charge in [-0.25, -0.2) is 0 Å². The van der Waals surface area contributed by atoms with Crippen molar-refractivity contribution in [2.45, 2.75) is 57.3 Å². The van der Waals surface area contributed by atoms with E-state index in [-0.39, 0.29) is 0 Å². The van der Waals surface area contributed by atoms with E-state index in [4.69, 9.17) is 5.73 Å². The monoisotopic (exact) mass is 269 g/mol. The molecule has 0 heterocycles. The number of hydrogen-bond donors (Lipinski definition) is 1. The van der Waals surface area contributed by atoms with Crippen LogP contribution in [0.5, 0.6) is 0 Å². The molecule has 2 N–H and O–H groups in total. The first-order valence-corrected chi connectivity index (χ1v) is 8.40. The molecule has 4 saturated carbocycles. The Bertz CT molecular complexity index is 504. The quantitative estimate of drug-likeness (QED) is 0.875. The fraction of sp³-hybridized carbons (Fsp3) is 0.684. The first-order valence-electron chi connectivity index (χ1n) is 8.40. The number of nitrogens with two attached hydrogens (primary N) is 1. The van der Waals surface area contributed by atoms with Crippen molar-refractivity contribution in [2.75, 3.05) is 6.54 Å². The summed E-state index contributed by atoms with van der Waals surface area (Å²) in [5.41, 5.74) is 10.1. The predicted molar refractivity (Wildman–Crippen MR) is 83.6 cm³/mol. The molecule has 2 unspecified atom stereocenters. The molecule has 108 valence electrons. The van der Waals surface area contributed by atoms with Crippen LogP contribution in [-0.4, -0.2) is 6.54 Å². The van der Waals surface area contributed by atoms with Gasteiger partial charge in [-0.05, 0) is 86.6 Å². The zero-order valence-electron chi connectivity index (χ0n) is 12.7. The van der Waals surface area contributed by atoms with Gasteiger partial charge in [-0.3, -0.25) is 0 Å². The van der Waals surface area contributed by atoms with Crippen LogP contribution in [0.15, 0.2) is 24.3 Å². The molecule has 4 bridgehead atoms. The van der Waals surface area contributed by atoms with Gasteiger partial charge in [0.1, 0.15) is 0 Å². The number of benzene rings is 1. The average Bonchev–Trinajstić information content (AvgIpc) is 2.37. The molecule has 4 fully saturated rings. The maximum Gasteiger partial charge on any atom is -0.00363 e. The van der Waals surface area contributed by atoms with E-state index in [1.165, 1.54) is 50.5 Å². The number of rotatable bonds is 3. The third kappa shape index (κ3) is 1.86. The molecule has 0 aromatic heterocycles. The lowest BCUT2D eigenvalue weighted by Gasteiger charge is -2.62. The van der Waals surface area contributed by atoms with E-state index in [2.05, 4.69) is 31.2 Å². The molecular weight excluding hydrogens is 242 g/mol. The summed E-state index contributed by atoms with van der Waals surface area (Å²) in [6.45, 7) is 3.11. The van der Waals surface area contributed by atoms with Crippen molar-refractivity contribution in [3.63, 3.8) is 0 Å². The third-order valence-corrected chi connectivity index (χ3v) is 6.49. The van der Waals surface area contributed by atoms with Crippen molar-refractivity contribution in [3.05, 3.63) is 35.4 Å². The van der Waals surface area contributed by atoms with Gasteiger partial charge in [0.05, 0.1) is 0 Å². The van der Waals surface area contributed by atoms with Gasteiger partial charge >= 0.3 is 0 Å². The van der Waals surface area contributed by atoms with Gasteiger partial charge < -0.3 is 5.73 Å². The van der Waals surface area contributed by atoms with Crippen LogP contribution >= 0.6 is 0 Å². The Kier molecular flexibility index (Phi) is 2.79. The zero-order chi connectivity index (χ0) is 13.8. The Labute approximate surface area is 122 Å². The van der Waals surface area contributed by atoms with Gasteiger partial charge in [-0.15, -0.1) is 0 Å². The second kappa shape index (κ2) is 4.34. The summed E-state index contributed by atoms with van der Waals surface area (Å²) in [6, 6.07) is 9.36. The molecule has 0 amide bonds. The van der Waals surface area contributed by atoms with Crippen LogP contribution in [0.2, 0.25) is 0 Å². The minimum absolute atomic E-state index is 0.491. The predicted octanol–water partition coefficient (Wildman–Crippen LogP) is 4.18. The smallest absolute Gasteiger partial charge is 0.00363 e. The van der Waals surface area contributed by atoms with Crippen LogP contribution < -0.4 is 5.73 Å². The summed E-state index contributed by atoms with van der Waals surface area (Å²) < 4.78 is 0. The summed E-state index contributed by atoms with van der Waals surface area (Å²) in [6.07, 6.45) is 9.99.